The summed E-state index contributed by atoms with van der Waals surface area (Å²) in [7, 11) is 0. The molecule has 2 N–H and O–H groups in total. The Kier molecular flexibility index (Phi) is 4.51. The third-order valence-electron chi connectivity index (χ3n) is 1.61. The van der Waals surface area contributed by atoms with Crippen molar-refractivity contribution >= 4 is 11.9 Å². The summed E-state index contributed by atoms with van der Waals surface area (Å²) >= 11 is 0. The van der Waals surface area contributed by atoms with Crippen LogP contribution in [0.2, 0.25) is 0 Å². The summed E-state index contributed by atoms with van der Waals surface area (Å²) in [6, 6.07) is 0. The van der Waals surface area contributed by atoms with Crippen molar-refractivity contribution in [3.8, 4) is 0 Å². The van der Waals surface area contributed by atoms with Gasteiger partial charge in [-0.3, -0.25) is 0 Å². The van der Waals surface area contributed by atoms with Gasteiger partial charge in [0.2, 0.25) is 0 Å². The zero-order valence-corrected chi connectivity index (χ0v) is 7.57. The van der Waals surface area contributed by atoms with Crippen molar-refractivity contribution in [3.63, 3.8) is 0 Å². The largest absolute Gasteiger partial charge is 0.478 e. The van der Waals surface area contributed by atoms with E-state index >= 15 is 0 Å². The zero-order valence-electron chi connectivity index (χ0n) is 7.57. The van der Waals surface area contributed by atoms with E-state index in [4.69, 9.17) is 10.2 Å². The van der Waals surface area contributed by atoms with Gasteiger partial charge < -0.3 is 10.2 Å². The SMILES string of the molecule is CCC(/C=C\C(=O)O)=C(\C)C(=O)O. The molecule has 0 spiro atoms. The number of carboxylic acid groups (broad SMARTS) is 2. The second-order valence-corrected chi connectivity index (χ2v) is 2.48. The van der Waals surface area contributed by atoms with Crippen LogP contribution in [0.1, 0.15) is 20.3 Å². The van der Waals surface area contributed by atoms with Crippen LogP contribution in [0.4, 0.5) is 0 Å². The molecule has 0 aromatic carbocycles. The molecule has 0 bridgehead atoms. The molecule has 0 heterocycles. The van der Waals surface area contributed by atoms with Crippen LogP contribution in [0, 0.1) is 0 Å². The number of carboxylic acids is 2. The topological polar surface area (TPSA) is 74.6 Å². The predicted molar refractivity (Wildman–Crippen MR) is 47.4 cm³/mol. The first-order valence-corrected chi connectivity index (χ1v) is 3.83. The third-order valence-corrected chi connectivity index (χ3v) is 1.61. The highest BCUT2D eigenvalue weighted by atomic mass is 16.4. The maximum Gasteiger partial charge on any atom is 0.331 e. The third kappa shape index (κ3) is 4.10. The number of hydrogen-bond acceptors (Lipinski definition) is 2. The lowest BCUT2D eigenvalue weighted by molar-refractivity contribution is -0.133. The summed E-state index contributed by atoms with van der Waals surface area (Å²) in [6.07, 6.45) is 2.75. The molecule has 0 aliphatic rings. The molecule has 0 aliphatic heterocycles. The minimum Gasteiger partial charge on any atom is -0.478 e. The highest BCUT2D eigenvalue weighted by Crippen LogP contribution is 2.09. The molecule has 0 saturated carbocycles. The molecule has 0 unspecified atom stereocenters. The van der Waals surface area contributed by atoms with Gasteiger partial charge in [0.15, 0.2) is 0 Å². The lowest BCUT2D eigenvalue weighted by atomic mass is 10.1. The Morgan fingerprint density at radius 1 is 1.23 bits per heavy atom. The van der Waals surface area contributed by atoms with E-state index < -0.39 is 11.9 Å². The van der Waals surface area contributed by atoms with Crippen molar-refractivity contribution in [2.75, 3.05) is 0 Å². The number of aliphatic carboxylic acids is 2. The van der Waals surface area contributed by atoms with Crippen LogP contribution in [0.15, 0.2) is 23.3 Å². The molecular weight excluding hydrogens is 172 g/mol. The van der Waals surface area contributed by atoms with Crippen LogP contribution < -0.4 is 0 Å². The Hall–Kier alpha value is -1.58. The molecule has 0 aromatic rings. The molecular formula is C9H12O4. The van der Waals surface area contributed by atoms with Crippen LogP contribution in [0.5, 0.6) is 0 Å². The molecule has 72 valence electrons. The maximum absolute atomic E-state index is 10.5. The van der Waals surface area contributed by atoms with Crippen molar-refractivity contribution in [1.82, 2.24) is 0 Å². The van der Waals surface area contributed by atoms with E-state index in [1.54, 1.807) is 6.92 Å². The molecule has 0 atom stereocenters. The smallest absolute Gasteiger partial charge is 0.331 e. The van der Waals surface area contributed by atoms with Gasteiger partial charge in [-0.15, -0.1) is 0 Å². The molecule has 0 radical (unpaired) electrons. The van der Waals surface area contributed by atoms with Gasteiger partial charge in [0.1, 0.15) is 0 Å². The first-order valence-electron chi connectivity index (χ1n) is 3.83. The van der Waals surface area contributed by atoms with Gasteiger partial charge in [0.25, 0.3) is 0 Å². The summed E-state index contributed by atoms with van der Waals surface area (Å²) in [5, 5.41) is 16.9. The summed E-state index contributed by atoms with van der Waals surface area (Å²) < 4.78 is 0. The average molecular weight is 184 g/mol. The van der Waals surface area contributed by atoms with Gasteiger partial charge in [0, 0.05) is 11.6 Å². The zero-order chi connectivity index (χ0) is 10.4. The van der Waals surface area contributed by atoms with Crippen LogP contribution >= 0.6 is 0 Å². The van der Waals surface area contributed by atoms with Crippen molar-refractivity contribution in [3.05, 3.63) is 23.3 Å². The monoisotopic (exact) mass is 184 g/mol. The molecule has 4 nitrogen and oxygen atoms in total. The van der Waals surface area contributed by atoms with Gasteiger partial charge in [0.05, 0.1) is 0 Å². The van der Waals surface area contributed by atoms with Crippen molar-refractivity contribution in [1.29, 1.82) is 0 Å². The van der Waals surface area contributed by atoms with Crippen molar-refractivity contribution in [2.24, 2.45) is 0 Å². The van der Waals surface area contributed by atoms with E-state index in [1.807, 2.05) is 0 Å². The normalized spacial score (nSPS) is 12.8. The van der Waals surface area contributed by atoms with Crippen LogP contribution in [0.25, 0.3) is 0 Å². The lowest BCUT2D eigenvalue weighted by Crippen LogP contribution is -2.00. The quantitative estimate of drug-likeness (QED) is 0.512. The Labute approximate surface area is 76.2 Å². The first-order chi connectivity index (χ1) is 5.99. The van der Waals surface area contributed by atoms with Crippen molar-refractivity contribution in [2.45, 2.75) is 20.3 Å². The highest BCUT2D eigenvalue weighted by molar-refractivity contribution is 5.88. The van der Waals surface area contributed by atoms with Crippen LogP contribution in [0.3, 0.4) is 0 Å². The average Bonchev–Trinajstić information content (AvgIpc) is 2.04. The Morgan fingerprint density at radius 3 is 2.08 bits per heavy atom. The number of rotatable bonds is 4. The minimum absolute atomic E-state index is 0.181. The van der Waals surface area contributed by atoms with E-state index in [0.717, 1.165) is 6.08 Å². The maximum atomic E-state index is 10.5. The number of allylic oxidation sites excluding steroid dienone is 2. The molecule has 0 saturated heterocycles. The highest BCUT2D eigenvalue weighted by Gasteiger charge is 2.04. The molecule has 0 aliphatic carbocycles. The summed E-state index contributed by atoms with van der Waals surface area (Å²) in [4.78, 5) is 20.7. The van der Waals surface area contributed by atoms with Gasteiger partial charge in [-0.25, -0.2) is 9.59 Å². The molecule has 0 fully saturated rings. The Morgan fingerprint density at radius 2 is 1.77 bits per heavy atom. The van der Waals surface area contributed by atoms with E-state index in [0.29, 0.717) is 12.0 Å². The van der Waals surface area contributed by atoms with Gasteiger partial charge in [-0.2, -0.15) is 0 Å². The fourth-order valence-electron chi connectivity index (χ4n) is 0.817. The first kappa shape index (κ1) is 11.4. The Balaban J connectivity index is 4.79. The van der Waals surface area contributed by atoms with E-state index in [1.165, 1.54) is 13.0 Å². The lowest BCUT2D eigenvalue weighted by Gasteiger charge is -1.99. The predicted octanol–water partition coefficient (Wildman–Crippen LogP) is 1.44. The van der Waals surface area contributed by atoms with Crippen molar-refractivity contribution < 1.29 is 19.8 Å². The molecule has 0 rings (SSSR count). The number of hydrogen-bond donors (Lipinski definition) is 2. The summed E-state index contributed by atoms with van der Waals surface area (Å²) in [5.41, 5.74) is 0.704. The van der Waals surface area contributed by atoms with E-state index in [-0.39, 0.29) is 5.57 Å². The second kappa shape index (κ2) is 5.13. The second-order valence-electron chi connectivity index (χ2n) is 2.48. The van der Waals surface area contributed by atoms with Crippen LogP contribution in [-0.2, 0) is 9.59 Å². The van der Waals surface area contributed by atoms with E-state index in [9.17, 15) is 9.59 Å². The van der Waals surface area contributed by atoms with Gasteiger partial charge in [-0.1, -0.05) is 13.0 Å². The van der Waals surface area contributed by atoms with E-state index in [2.05, 4.69) is 0 Å². The Bertz CT molecular complexity index is 273. The standard InChI is InChI=1S/C9H12O4/c1-3-7(4-5-8(10)11)6(2)9(12)13/h4-5H,3H2,1-2H3,(H,10,11)(H,12,13)/b5-4-,7-6-. The fraction of sp³-hybridized carbons (Fsp3) is 0.333. The molecule has 0 amide bonds. The number of carbonyl (C=O) groups is 2. The van der Waals surface area contributed by atoms with Gasteiger partial charge >= 0.3 is 11.9 Å². The summed E-state index contributed by atoms with van der Waals surface area (Å²) in [6.45, 7) is 3.22. The fourth-order valence-corrected chi connectivity index (χ4v) is 0.817. The van der Waals surface area contributed by atoms with Crippen LogP contribution in [-0.4, -0.2) is 22.2 Å². The molecule has 0 aromatic heterocycles. The summed E-state index contributed by atoms with van der Waals surface area (Å²) in [5.74, 6) is -2.10. The molecule has 4 heteroatoms. The molecule has 13 heavy (non-hydrogen) atoms. The van der Waals surface area contributed by atoms with Gasteiger partial charge in [-0.05, 0) is 18.9 Å². The minimum atomic E-state index is -1.08.